The monoisotopic (exact) mass is 244 g/mol. The van der Waals surface area contributed by atoms with Gasteiger partial charge in [-0.2, -0.15) is 0 Å². The molecule has 6 nitrogen and oxygen atoms in total. The van der Waals surface area contributed by atoms with Crippen molar-refractivity contribution < 1.29 is 20.1 Å². The van der Waals surface area contributed by atoms with E-state index in [9.17, 15) is 9.90 Å². The minimum Gasteiger partial charge on any atom is -0.476 e. The number of anilines is 1. The number of aromatic nitrogens is 1. The molecular weight excluding hydrogens is 232 g/mol. The topological polar surface area (TPSA) is 93.9 Å². The van der Waals surface area contributed by atoms with Crippen molar-refractivity contribution in [3.05, 3.63) is 11.1 Å². The number of rotatable bonds is 3. The van der Waals surface area contributed by atoms with Crippen LogP contribution in [0.3, 0.4) is 0 Å². The molecule has 0 bridgehead atoms. The molecule has 1 aromatic heterocycles. The highest BCUT2D eigenvalue weighted by molar-refractivity contribution is 7.13. The van der Waals surface area contributed by atoms with E-state index < -0.39 is 12.1 Å². The van der Waals surface area contributed by atoms with Gasteiger partial charge in [-0.3, -0.25) is 0 Å². The summed E-state index contributed by atoms with van der Waals surface area (Å²) in [4.78, 5) is 16.4. The van der Waals surface area contributed by atoms with Gasteiger partial charge in [0.2, 0.25) is 0 Å². The van der Waals surface area contributed by atoms with E-state index in [-0.39, 0.29) is 18.3 Å². The van der Waals surface area contributed by atoms with Gasteiger partial charge in [-0.25, -0.2) is 9.78 Å². The number of β-amino-alcohol motifs (C(OH)–C–C–N with tert-alkyl or cyclic N) is 1. The summed E-state index contributed by atoms with van der Waals surface area (Å²) in [5.41, 5.74) is -0.00178. The molecule has 0 aromatic carbocycles. The molecule has 7 heteroatoms. The van der Waals surface area contributed by atoms with Gasteiger partial charge in [-0.05, 0) is 6.42 Å². The van der Waals surface area contributed by atoms with Crippen molar-refractivity contribution in [1.82, 2.24) is 4.98 Å². The normalized spacial score (nSPS) is 25.0. The van der Waals surface area contributed by atoms with E-state index in [1.165, 1.54) is 16.7 Å². The van der Waals surface area contributed by atoms with Crippen LogP contribution in [0.2, 0.25) is 0 Å². The Balaban J connectivity index is 2.19. The summed E-state index contributed by atoms with van der Waals surface area (Å²) < 4.78 is 0. The minimum atomic E-state index is -1.07. The second-order valence-corrected chi connectivity index (χ2v) is 4.54. The van der Waals surface area contributed by atoms with Crippen molar-refractivity contribution in [3.63, 3.8) is 0 Å². The first-order valence-electron chi connectivity index (χ1n) is 4.86. The molecule has 1 fully saturated rings. The van der Waals surface area contributed by atoms with Crippen LogP contribution in [0.5, 0.6) is 0 Å². The molecule has 1 aliphatic heterocycles. The van der Waals surface area contributed by atoms with Gasteiger partial charge >= 0.3 is 5.97 Å². The fraction of sp³-hybridized carbons (Fsp3) is 0.556. The second-order valence-electron chi connectivity index (χ2n) is 3.70. The Morgan fingerprint density at radius 1 is 1.69 bits per heavy atom. The summed E-state index contributed by atoms with van der Waals surface area (Å²) in [5, 5.41) is 29.4. The maximum atomic E-state index is 10.7. The van der Waals surface area contributed by atoms with E-state index in [0.29, 0.717) is 18.1 Å². The quantitative estimate of drug-likeness (QED) is 0.680. The number of aromatic carboxylic acids is 1. The molecule has 3 N–H and O–H groups in total. The summed E-state index contributed by atoms with van der Waals surface area (Å²) >= 11 is 1.21. The van der Waals surface area contributed by atoms with Crippen molar-refractivity contribution >= 4 is 22.4 Å². The smallest absolute Gasteiger partial charge is 0.355 e. The molecule has 0 amide bonds. The molecule has 0 unspecified atom stereocenters. The van der Waals surface area contributed by atoms with Gasteiger partial charge in [0.1, 0.15) is 0 Å². The maximum absolute atomic E-state index is 10.7. The van der Waals surface area contributed by atoms with E-state index in [1.807, 2.05) is 0 Å². The van der Waals surface area contributed by atoms with Crippen molar-refractivity contribution in [2.24, 2.45) is 0 Å². The molecule has 16 heavy (non-hydrogen) atoms. The molecule has 0 radical (unpaired) electrons. The van der Waals surface area contributed by atoms with E-state index in [4.69, 9.17) is 10.2 Å². The van der Waals surface area contributed by atoms with Crippen LogP contribution in [0.25, 0.3) is 0 Å². The zero-order chi connectivity index (χ0) is 11.7. The molecule has 2 heterocycles. The number of carboxylic acids is 1. The fourth-order valence-electron chi connectivity index (χ4n) is 1.79. The van der Waals surface area contributed by atoms with E-state index in [1.54, 1.807) is 4.90 Å². The Morgan fingerprint density at radius 3 is 3.00 bits per heavy atom. The first kappa shape index (κ1) is 11.3. The lowest BCUT2D eigenvalue weighted by Crippen LogP contribution is -2.32. The van der Waals surface area contributed by atoms with E-state index in [2.05, 4.69) is 4.98 Å². The number of carbonyl (C=O) groups is 1. The molecular formula is C9H12N2O4S. The summed E-state index contributed by atoms with van der Waals surface area (Å²) in [6.45, 7) is 0.316. The highest BCUT2D eigenvalue weighted by Crippen LogP contribution is 2.28. The highest BCUT2D eigenvalue weighted by Gasteiger charge is 2.32. The van der Waals surface area contributed by atoms with Crippen molar-refractivity contribution in [2.75, 3.05) is 18.1 Å². The molecule has 1 aromatic rings. The number of hydrogen-bond acceptors (Lipinski definition) is 6. The Hall–Kier alpha value is -1.18. The molecule has 0 aliphatic carbocycles. The molecule has 1 saturated heterocycles. The summed E-state index contributed by atoms with van der Waals surface area (Å²) in [7, 11) is 0. The lowest BCUT2D eigenvalue weighted by atomic mass is 10.2. The predicted molar refractivity (Wildman–Crippen MR) is 57.9 cm³/mol. The molecule has 0 saturated carbocycles. The average Bonchev–Trinajstić information content (AvgIpc) is 2.82. The minimum absolute atomic E-state index is 0.00178. The second kappa shape index (κ2) is 4.36. The largest absolute Gasteiger partial charge is 0.476 e. The molecule has 88 valence electrons. The zero-order valence-electron chi connectivity index (χ0n) is 8.41. The number of aliphatic hydroxyl groups is 2. The van der Waals surface area contributed by atoms with Crippen LogP contribution in [0, 0.1) is 0 Å². The molecule has 2 rings (SSSR count). The molecule has 0 spiro atoms. The maximum Gasteiger partial charge on any atom is 0.355 e. The molecule has 1 aliphatic rings. The lowest BCUT2D eigenvalue weighted by molar-refractivity contribution is 0.0691. The van der Waals surface area contributed by atoms with Crippen LogP contribution in [0.4, 0.5) is 5.13 Å². The third-order valence-electron chi connectivity index (χ3n) is 2.56. The van der Waals surface area contributed by atoms with Crippen LogP contribution in [-0.4, -0.2) is 51.6 Å². The zero-order valence-corrected chi connectivity index (χ0v) is 9.22. The highest BCUT2D eigenvalue weighted by atomic mass is 32.1. The standard InChI is InChI=1S/C9H12N2O4S/c12-3-5-1-6(13)2-11(5)9-10-7(4-16-9)8(14)15/h4-6,12-13H,1-3H2,(H,14,15)/t5-,6+/m1/s1. The Morgan fingerprint density at radius 2 is 2.44 bits per heavy atom. The summed E-state index contributed by atoms with van der Waals surface area (Å²) in [5.74, 6) is -1.07. The van der Waals surface area contributed by atoms with Gasteiger partial charge in [0, 0.05) is 11.9 Å². The van der Waals surface area contributed by atoms with Gasteiger partial charge in [-0.1, -0.05) is 0 Å². The van der Waals surface area contributed by atoms with Crippen LogP contribution >= 0.6 is 11.3 Å². The van der Waals surface area contributed by atoms with E-state index >= 15 is 0 Å². The van der Waals surface area contributed by atoms with Crippen LogP contribution in [0.15, 0.2) is 5.38 Å². The van der Waals surface area contributed by atoms with Crippen molar-refractivity contribution in [3.8, 4) is 0 Å². The van der Waals surface area contributed by atoms with Crippen LogP contribution in [-0.2, 0) is 0 Å². The Labute approximate surface area is 95.8 Å². The predicted octanol–water partition coefficient (Wildman–Crippen LogP) is -0.227. The van der Waals surface area contributed by atoms with Gasteiger partial charge in [-0.15, -0.1) is 11.3 Å². The Bertz CT molecular complexity index is 395. The number of thiazole rings is 1. The fourth-order valence-corrected chi connectivity index (χ4v) is 2.67. The number of carboxylic acid groups (broad SMARTS) is 1. The number of nitrogens with zero attached hydrogens (tertiary/aromatic N) is 2. The SMILES string of the molecule is O=C(O)c1csc(N2C[C@@H](O)C[C@@H]2CO)n1. The van der Waals surface area contributed by atoms with Crippen LogP contribution in [0.1, 0.15) is 16.9 Å². The number of aliphatic hydroxyl groups excluding tert-OH is 2. The third kappa shape index (κ3) is 2.01. The third-order valence-corrected chi connectivity index (χ3v) is 3.44. The van der Waals surface area contributed by atoms with Gasteiger partial charge < -0.3 is 20.2 Å². The number of hydrogen-bond donors (Lipinski definition) is 3. The average molecular weight is 244 g/mol. The lowest BCUT2D eigenvalue weighted by Gasteiger charge is -2.21. The van der Waals surface area contributed by atoms with Crippen LogP contribution < -0.4 is 4.90 Å². The Kier molecular flexibility index (Phi) is 3.08. The summed E-state index contributed by atoms with van der Waals surface area (Å²) in [6, 6.07) is -0.178. The first-order valence-corrected chi connectivity index (χ1v) is 5.74. The van der Waals surface area contributed by atoms with Crippen molar-refractivity contribution in [1.29, 1.82) is 0 Å². The van der Waals surface area contributed by atoms with Crippen molar-refractivity contribution in [2.45, 2.75) is 18.6 Å². The first-order chi connectivity index (χ1) is 7.61. The molecule has 2 atom stereocenters. The van der Waals surface area contributed by atoms with Gasteiger partial charge in [0.05, 0.1) is 18.8 Å². The summed E-state index contributed by atoms with van der Waals surface area (Å²) in [6.07, 6.45) is -0.00676. The van der Waals surface area contributed by atoms with Gasteiger partial charge in [0.25, 0.3) is 0 Å². The van der Waals surface area contributed by atoms with E-state index in [0.717, 1.165) is 0 Å². The van der Waals surface area contributed by atoms with Gasteiger partial charge in [0.15, 0.2) is 10.8 Å².